The molecule has 0 aliphatic carbocycles. The van der Waals surface area contributed by atoms with E-state index >= 15 is 0 Å². The number of aromatic nitrogens is 5. The van der Waals surface area contributed by atoms with Gasteiger partial charge in [0.25, 0.3) is 0 Å². The van der Waals surface area contributed by atoms with Crippen LogP contribution in [0.25, 0.3) is 33.7 Å². The molecule has 1 fully saturated rings. The van der Waals surface area contributed by atoms with Gasteiger partial charge in [0, 0.05) is 36.6 Å². The molecule has 0 unspecified atom stereocenters. The highest BCUT2D eigenvalue weighted by Gasteiger charge is 2.19. The number of H-pyrrole nitrogens is 1. The van der Waals surface area contributed by atoms with Crippen molar-refractivity contribution in [3.8, 4) is 22.6 Å². The van der Waals surface area contributed by atoms with Gasteiger partial charge in [-0.15, -0.1) is 0 Å². The molecule has 5 rings (SSSR count). The Morgan fingerprint density at radius 1 is 1.06 bits per heavy atom. The zero-order chi connectivity index (χ0) is 21.2. The van der Waals surface area contributed by atoms with Gasteiger partial charge in [0.05, 0.1) is 34.3 Å². The number of rotatable bonds is 5. The van der Waals surface area contributed by atoms with E-state index in [0.717, 1.165) is 77.4 Å². The van der Waals surface area contributed by atoms with Crippen molar-refractivity contribution in [3.05, 3.63) is 54.5 Å². The summed E-state index contributed by atoms with van der Waals surface area (Å²) in [5.41, 5.74) is 7.47. The largest absolute Gasteiger partial charge is 0.370 e. The van der Waals surface area contributed by atoms with E-state index < -0.39 is 0 Å². The Morgan fingerprint density at radius 3 is 2.74 bits per heavy atom. The summed E-state index contributed by atoms with van der Waals surface area (Å²) in [5.74, 6) is 0. The van der Waals surface area contributed by atoms with Crippen LogP contribution in [0.4, 0.5) is 5.69 Å². The standard InChI is InChI=1S/C24H27N7/c1-3-16-5-4-6-22(28-16)24-19(15-27-30-24)20-7-8-21-23(29-20)13-18(14-26-21)31-11-9-17(25-2)10-12-31/h4-8,13-15,17,25H,3,9-12H2,1-2H3,(H,27,30). The van der Waals surface area contributed by atoms with Crippen LogP contribution in [0.1, 0.15) is 25.5 Å². The molecule has 0 aromatic carbocycles. The second-order valence-electron chi connectivity index (χ2n) is 7.99. The third-order valence-corrected chi connectivity index (χ3v) is 6.12. The molecule has 0 atom stereocenters. The molecule has 1 aliphatic rings. The van der Waals surface area contributed by atoms with E-state index in [4.69, 9.17) is 9.97 Å². The Hall–Kier alpha value is -3.32. The third-order valence-electron chi connectivity index (χ3n) is 6.12. The van der Waals surface area contributed by atoms with Gasteiger partial charge < -0.3 is 10.2 Å². The van der Waals surface area contributed by atoms with Crippen molar-refractivity contribution >= 4 is 16.7 Å². The highest BCUT2D eigenvalue weighted by Crippen LogP contribution is 2.30. The normalized spacial score (nSPS) is 15.0. The number of hydrogen-bond acceptors (Lipinski definition) is 6. The molecule has 0 amide bonds. The predicted molar refractivity (Wildman–Crippen MR) is 124 cm³/mol. The minimum atomic E-state index is 0.605. The number of aryl methyl sites for hydroxylation is 1. The highest BCUT2D eigenvalue weighted by molar-refractivity contribution is 5.84. The van der Waals surface area contributed by atoms with Gasteiger partial charge in [-0.3, -0.25) is 15.1 Å². The Kier molecular flexibility index (Phi) is 5.34. The van der Waals surface area contributed by atoms with Gasteiger partial charge in [-0.2, -0.15) is 5.10 Å². The van der Waals surface area contributed by atoms with Crippen LogP contribution in [0.5, 0.6) is 0 Å². The van der Waals surface area contributed by atoms with E-state index in [9.17, 15) is 0 Å². The van der Waals surface area contributed by atoms with Crippen LogP contribution in [-0.4, -0.2) is 51.3 Å². The van der Waals surface area contributed by atoms with Crippen molar-refractivity contribution in [3.63, 3.8) is 0 Å². The first-order chi connectivity index (χ1) is 15.2. The average Bonchev–Trinajstić information content (AvgIpc) is 3.33. The van der Waals surface area contributed by atoms with Crippen LogP contribution in [0.15, 0.2) is 48.8 Å². The van der Waals surface area contributed by atoms with Crippen LogP contribution < -0.4 is 10.2 Å². The molecular formula is C24H27N7. The zero-order valence-corrected chi connectivity index (χ0v) is 18.0. The summed E-state index contributed by atoms with van der Waals surface area (Å²) < 4.78 is 0. The number of anilines is 1. The molecule has 5 heterocycles. The summed E-state index contributed by atoms with van der Waals surface area (Å²) >= 11 is 0. The molecule has 1 saturated heterocycles. The van der Waals surface area contributed by atoms with Crippen molar-refractivity contribution in [1.29, 1.82) is 0 Å². The number of nitrogens with zero attached hydrogens (tertiary/aromatic N) is 5. The summed E-state index contributed by atoms with van der Waals surface area (Å²) in [5, 5.41) is 10.8. The number of hydrogen-bond donors (Lipinski definition) is 2. The maximum atomic E-state index is 4.94. The molecule has 0 radical (unpaired) electrons. The van der Waals surface area contributed by atoms with Crippen LogP contribution in [0.3, 0.4) is 0 Å². The average molecular weight is 414 g/mol. The SMILES string of the molecule is CCc1cccc(-c2n[nH]cc2-c2ccc3ncc(N4CCC(NC)CC4)cc3n2)n1. The third kappa shape index (κ3) is 3.88. The highest BCUT2D eigenvalue weighted by atomic mass is 15.2. The summed E-state index contributed by atoms with van der Waals surface area (Å²) in [7, 11) is 2.04. The van der Waals surface area contributed by atoms with Crippen LogP contribution in [0.2, 0.25) is 0 Å². The Morgan fingerprint density at radius 2 is 1.94 bits per heavy atom. The Labute approximate surface area is 182 Å². The molecule has 4 aromatic rings. The first-order valence-electron chi connectivity index (χ1n) is 10.9. The van der Waals surface area contributed by atoms with Crippen molar-refractivity contribution < 1.29 is 0 Å². The van der Waals surface area contributed by atoms with E-state index in [-0.39, 0.29) is 0 Å². The topological polar surface area (TPSA) is 82.6 Å². The molecule has 4 aromatic heterocycles. The lowest BCUT2D eigenvalue weighted by Crippen LogP contribution is -2.41. The van der Waals surface area contributed by atoms with Crippen molar-refractivity contribution in [2.24, 2.45) is 0 Å². The molecule has 0 bridgehead atoms. The van der Waals surface area contributed by atoms with E-state index in [0.29, 0.717) is 6.04 Å². The molecule has 2 N–H and O–H groups in total. The first kappa shape index (κ1) is 19.6. The summed E-state index contributed by atoms with van der Waals surface area (Å²) in [6.07, 6.45) is 7.03. The van der Waals surface area contributed by atoms with Gasteiger partial charge in [0.2, 0.25) is 0 Å². The van der Waals surface area contributed by atoms with E-state index in [1.807, 2.05) is 49.8 Å². The van der Waals surface area contributed by atoms with Crippen molar-refractivity contribution in [1.82, 2.24) is 30.5 Å². The fourth-order valence-electron chi connectivity index (χ4n) is 4.23. The second kappa shape index (κ2) is 8.43. The first-order valence-corrected chi connectivity index (χ1v) is 10.9. The monoisotopic (exact) mass is 413 g/mol. The molecule has 7 nitrogen and oxygen atoms in total. The fourth-order valence-corrected chi connectivity index (χ4v) is 4.23. The smallest absolute Gasteiger partial charge is 0.120 e. The molecule has 1 aliphatic heterocycles. The van der Waals surface area contributed by atoms with Gasteiger partial charge in [0.1, 0.15) is 5.69 Å². The molecular weight excluding hydrogens is 386 g/mol. The minimum Gasteiger partial charge on any atom is -0.370 e. The summed E-state index contributed by atoms with van der Waals surface area (Å²) in [6, 6.07) is 12.9. The molecule has 0 saturated carbocycles. The second-order valence-corrected chi connectivity index (χ2v) is 7.99. The van der Waals surface area contributed by atoms with E-state index in [2.05, 4.69) is 38.4 Å². The van der Waals surface area contributed by atoms with E-state index in [1.54, 1.807) is 0 Å². The molecule has 7 heteroatoms. The zero-order valence-electron chi connectivity index (χ0n) is 18.0. The molecule has 158 valence electrons. The lowest BCUT2D eigenvalue weighted by Gasteiger charge is -2.33. The van der Waals surface area contributed by atoms with Crippen LogP contribution >= 0.6 is 0 Å². The Balaban J connectivity index is 1.48. The maximum absolute atomic E-state index is 4.94. The molecule has 0 spiro atoms. The number of piperidine rings is 1. The van der Waals surface area contributed by atoms with Gasteiger partial charge in [-0.25, -0.2) is 4.98 Å². The Bertz CT molecular complexity index is 1190. The van der Waals surface area contributed by atoms with Gasteiger partial charge in [-0.05, 0) is 56.6 Å². The lowest BCUT2D eigenvalue weighted by atomic mass is 10.0. The lowest BCUT2D eigenvalue weighted by molar-refractivity contribution is 0.442. The number of aromatic amines is 1. The summed E-state index contributed by atoms with van der Waals surface area (Å²) in [6.45, 7) is 4.17. The molecule has 31 heavy (non-hydrogen) atoms. The minimum absolute atomic E-state index is 0.605. The van der Waals surface area contributed by atoms with Crippen LogP contribution in [0, 0.1) is 0 Å². The fraction of sp³-hybridized carbons (Fsp3) is 0.333. The van der Waals surface area contributed by atoms with E-state index in [1.165, 1.54) is 0 Å². The quantitative estimate of drug-likeness (QED) is 0.517. The van der Waals surface area contributed by atoms with Gasteiger partial charge in [-0.1, -0.05) is 13.0 Å². The predicted octanol–water partition coefficient (Wildman–Crippen LogP) is 3.83. The van der Waals surface area contributed by atoms with Crippen molar-refractivity contribution in [2.45, 2.75) is 32.2 Å². The van der Waals surface area contributed by atoms with Crippen molar-refractivity contribution in [2.75, 3.05) is 25.0 Å². The number of pyridine rings is 3. The maximum Gasteiger partial charge on any atom is 0.120 e. The number of fused-ring (bicyclic) bond motifs is 1. The summed E-state index contributed by atoms with van der Waals surface area (Å²) in [4.78, 5) is 16.7. The van der Waals surface area contributed by atoms with Gasteiger partial charge in [0.15, 0.2) is 0 Å². The van der Waals surface area contributed by atoms with Gasteiger partial charge >= 0.3 is 0 Å². The number of nitrogens with one attached hydrogen (secondary N) is 2. The van der Waals surface area contributed by atoms with Crippen LogP contribution in [-0.2, 0) is 6.42 Å².